The van der Waals surface area contributed by atoms with E-state index in [1.807, 2.05) is 0 Å². The van der Waals surface area contributed by atoms with Crippen molar-refractivity contribution < 1.29 is 15.3 Å². The van der Waals surface area contributed by atoms with E-state index in [2.05, 4.69) is 24.5 Å². The standard InChI is InChI=1S/C24H53N3O3/c1-4-6-8-10-12-14-16-25-18-23(29)20-27(22(3)28)21-24(30)19-26-17-15-13-11-9-7-5-2/h22-26,28-30H,4-21H2,1-3H3. The van der Waals surface area contributed by atoms with Gasteiger partial charge in [-0.15, -0.1) is 0 Å². The summed E-state index contributed by atoms with van der Waals surface area (Å²) in [5.41, 5.74) is 0. The molecule has 0 aromatic heterocycles. The molecule has 0 aliphatic rings. The number of unbranched alkanes of at least 4 members (excludes halogenated alkanes) is 10. The van der Waals surface area contributed by atoms with Gasteiger partial charge in [0.25, 0.3) is 0 Å². The van der Waals surface area contributed by atoms with Crippen LogP contribution in [-0.2, 0) is 0 Å². The summed E-state index contributed by atoms with van der Waals surface area (Å²) in [5, 5.41) is 37.2. The van der Waals surface area contributed by atoms with Crippen molar-refractivity contribution >= 4 is 0 Å². The molecule has 3 unspecified atom stereocenters. The van der Waals surface area contributed by atoms with Crippen molar-refractivity contribution in [2.24, 2.45) is 0 Å². The monoisotopic (exact) mass is 431 g/mol. The highest BCUT2D eigenvalue weighted by atomic mass is 16.3. The molecular formula is C24H53N3O3. The van der Waals surface area contributed by atoms with Crippen LogP contribution in [0.3, 0.4) is 0 Å². The lowest BCUT2D eigenvalue weighted by Gasteiger charge is -2.29. The van der Waals surface area contributed by atoms with Gasteiger partial charge in [0.15, 0.2) is 0 Å². The lowest BCUT2D eigenvalue weighted by Crippen LogP contribution is -2.47. The number of aliphatic hydroxyl groups excluding tert-OH is 3. The summed E-state index contributed by atoms with van der Waals surface area (Å²) >= 11 is 0. The Bertz CT molecular complexity index is 318. The molecule has 0 heterocycles. The SMILES string of the molecule is CCCCCCCCNCC(O)CN(CC(O)CNCCCCCCCC)C(C)O. The third-order valence-electron chi connectivity index (χ3n) is 5.59. The molecule has 0 saturated heterocycles. The second kappa shape index (κ2) is 22.0. The van der Waals surface area contributed by atoms with Gasteiger partial charge in [-0.1, -0.05) is 78.1 Å². The van der Waals surface area contributed by atoms with Gasteiger partial charge < -0.3 is 26.0 Å². The fourth-order valence-corrected chi connectivity index (χ4v) is 3.65. The highest BCUT2D eigenvalue weighted by Crippen LogP contribution is 2.05. The Hall–Kier alpha value is -0.240. The predicted molar refractivity (Wildman–Crippen MR) is 128 cm³/mol. The molecule has 0 fully saturated rings. The first-order valence-corrected chi connectivity index (χ1v) is 12.7. The molecular weight excluding hydrogens is 378 g/mol. The highest BCUT2D eigenvalue weighted by Gasteiger charge is 2.19. The molecule has 30 heavy (non-hydrogen) atoms. The summed E-state index contributed by atoms with van der Waals surface area (Å²) in [4.78, 5) is 1.74. The molecule has 0 aliphatic carbocycles. The molecule has 0 aromatic carbocycles. The zero-order valence-electron chi connectivity index (χ0n) is 20.2. The summed E-state index contributed by atoms with van der Waals surface area (Å²) in [6.45, 7) is 9.73. The molecule has 0 spiro atoms. The molecule has 0 bridgehead atoms. The quantitative estimate of drug-likeness (QED) is 0.126. The van der Waals surface area contributed by atoms with Gasteiger partial charge in [0.1, 0.15) is 6.23 Å². The van der Waals surface area contributed by atoms with Gasteiger partial charge >= 0.3 is 0 Å². The first kappa shape index (κ1) is 29.8. The predicted octanol–water partition coefficient (Wildman–Crippen LogP) is 3.25. The van der Waals surface area contributed by atoms with Crippen LogP contribution in [0, 0.1) is 0 Å². The van der Waals surface area contributed by atoms with Gasteiger partial charge in [0, 0.05) is 26.2 Å². The fraction of sp³-hybridized carbons (Fsp3) is 1.00. The molecule has 0 saturated carbocycles. The minimum atomic E-state index is -0.688. The molecule has 182 valence electrons. The summed E-state index contributed by atoms with van der Waals surface area (Å²) < 4.78 is 0. The van der Waals surface area contributed by atoms with E-state index in [0.29, 0.717) is 26.2 Å². The number of nitrogens with one attached hydrogen (secondary N) is 2. The van der Waals surface area contributed by atoms with Crippen molar-refractivity contribution in [1.82, 2.24) is 15.5 Å². The van der Waals surface area contributed by atoms with Crippen molar-refractivity contribution in [2.45, 2.75) is 116 Å². The van der Waals surface area contributed by atoms with E-state index >= 15 is 0 Å². The van der Waals surface area contributed by atoms with Crippen LogP contribution < -0.4 is 10.6 Å². The van der Waals surface area contributed by atoms with Crippen LogP contribution in [-0.4, -0.2) is 77.9 Å². The molecule has 6 heteroatoms. The smallest absolute Gasteiger partial charge is 0.104 e. The first-order valence-electron chi connectivity index (χ1n) is 12.7. The molecule has 0 rings (SSSR count). The van der Waals surface area contributed by atoms with Crippen LogP contribution in [0.2, 0.25) is 0 Å². The Morgan fingerprint density at radius 3 is 1.33 bits per heavy atom. The Labute approximate surface area is 186 Å². The van der Waals surface area contributed by atoms with Gasteiger partial charge in [-0.05, 0) is 32.9 Å². The minimum Gasteiger partial charge on any atom is -0.390 e. The molecule has 0 aromatic rings. The van der Waals surface area contributed by atoms with E-state index in [9.17, 15) is 15.3 Å². The molecule has 0 radical (unpaired) electrons. The summed E-state index contributed by atoms with van der Waals surface area (Å²) in [6, 6.07) is 0. The Morgan fingerprint density at radius 2 is 0.967 bits per heavy atom. The van der Waals surface area contributed by atoms with Crippen LogP contribution in [0.25, 0.3) is 0 Å². The Morgan fingerprint density at radius 1 is 0.600 bits per heavy atom. The number of rotatable bonds is 23. The average Bonchev–Trinajstić information content (AvgIpc) is 2.71. The van der Waals surface area contributed by atoms with E-state index in [0.717, 1.165) is 25.9 Å². The molecule has 6 nitrogen and oxygen atoms in total. The normalized spacial score (nSPS) is 14.9. The number of aliphatic hydroxyl groups is 3. The second-order valence-electron chi connectivity index (χ2n) is 8.84. The van der Waals surface area contributed by atoms with Crippen LogP contribution in [0.4, 0.5) is 0 Å². The minimum absolute atomic E-state index is 0.357. The van der Waals surface area contributed by atoms with Crippen molar-refractivity contribution in [3.8, 4) is 0 Å². The second-order valence-corrected chi connectivity index (χ2v) is 8.84. The van der Waals surface area contributed by atoms with E-state index < -0.39 is 18.4 Å². The van der Waals surface area contributed by atoms with Gasteiger partial charge in [-0.3, -0.25) is 4.90 Å². The summed E-state index contributed by atoms with van der Waals surface area (Å²) in [7, 11) is 0. The van der Waals surface area contributed by atoms with E-state index in [-0.39, 0.29) is 0 Å². The number of nitrogens with zero attached hydrogens (tertiary/aromatic N) is 1. The maximum Gasteiger partial charge on any atom is 0.104 e. The Kier molecular flexibility index (Phi) is 21.8. The molecule has 0 amide bonds. The topological polar surface area (TPSA) is 88.0 Å². The van der Waals surface area contributed by atoms with Crippen LogP contribution >= 0.6 is 0 Å². The number of hydrogen-bond donors (Lipinski definition) is 5. The first-order chi connectivity index (χ1) is 14.5. The van der Waals surface area contributed by atoms with Crippen LogP contribution in [0.15, 0.2) is 0 Å². The summed E-state index contributed by atoms with van der Waals surface area (Å²) in [6.07, 6.45) is 13.4. The average molecular weight is 432 g/mol. The van der Waals surface area contributed by atoms with Gasteiger partial charge in [-0.25, -0.2) is 0 Å². The fourth-order valence-electron chi connectivity index (χ4n) is 3.65. The van der Waals surface area contributed by atoms with Crippen molar-refractivity contribution in [1.29, 1.82) is 0 Å². The third kappa shape index (κ3) is 19.7. The highest BCUT2D eigenvalue weighted by molar-refractivity contribution is 4.72. The van der Waals surface area contributed by atoms with E-state index in [4.69, 9.17) is 0 Å². The molecule has 3 atom stereocenters. The lowest BCUT2D eigenvalue weighted by atomic mass is 10.1. The third-order valence-corrected chi connectivity index (χ3v) is 5.59. The van der Waals surface area contributed by atoms with Crippen LogP contribution in [0.1, 0.15) is 97.8 Å². The van der Waals surface area contributed by atoms with E-state index in [1.54, 1.807) is 11.8 Å². The zero-order valence-corrected chi connectivity index (χ0v) is 20.2. The van der Waals surface area contributed by atoms with Crippen LogP contribution in [0.5, 0.6) is 0 Å². The molecule has 5 N–H and O–H groups in total. The summed E-state index contributed by atoms with van der Waals surface area (Å²) in [5.74, 6) is 0. The number of hydrogen-bond acceptors (Lipinski definition) is 6. The van der Waals surface area contributed by atoms with Crippen molar-refractivity contribution in [2.75, 3.05) is 39.3 Å². The van der Waals surface area contributed by atoms with Gasteiger partial charge in [-0.2, -0.15) is 0 Å². The van der Waals surface area contributed by atoms with Crippen molar-refractivity contribution in [3.05, 3.63) is 0 Å². The Balaban J connectivity index is 3.80. The largest absolute Gasteiger partial charge is 0.390 e. The van der Waals surface area contributed by atoms with Gasteiger partial charge in [0.05, 0.1) is 12.2 Å². The maximum absolute atomic E-state index is 10.3. The maximum atomic E-state index is 10.3. The zero-order chi connectivity index (χ0) is 22.5. The molecule has 0 aliphatic heterocycles. The van der Waals surface area contributed by atoms with Crippen molar-refractivity contribution in [3.63, 3.8) is 0 Å². The van der Waals surface area contributed by atoms with Gasteiger partial charge in [0.2, 0.25) is 0 Å². The van der Waals surface area contributed by atoms with E-state index in [1.165, 1.54) is 64.2 Å². The lowest BCUT2D eigenvalue weighted by molar-refractivity contribution is -0.0331.